The Labute approximate surface area is 123 Å². The summed E-state index contributed by atoms with van der Waals surface area (Å²) in [4.78, 5) is 22.5. The summed E-state index contributed by atoms with van der Waals surface area (Å²) in [5.74, 6) is -0.258. The first-order valence-corrected chi connectivity index (χ1v) is 6.34. The first-order chi connectivity index (χ1) is 10.0. The van der Waals surface area contributed by atoms with Gasteiger partial charge < -0.3 is 14.2 Å². The second kappa shape index (κ2) is 8.58. The number of rotatable bonds is 7. The predicted octanol–water partition coefficient (Wildman–Crippen LogP) is 2.37. The van der Waals surface area contributed by atoms with Crippen molar-refractivity contribution in [3.63, 3.8) is 0 Å². The number of esters is 2. The highest BCUT2D eigenvalue weighted by Crippen LogP contribution is 2.12. The minimum Gasteiger partial charge on any atom is -0.497 e. The number of methoxy groups -OCH3 is 1. The van der Waals surface area contributed by atoms with Gasteiger partial charge in [-0.25, -0.2) is 9.59 Å². The van der Waals surface area contributed by atoms with Gasteiger partial charge in [-0.3, -0.25) is 0 Å². The highest BCUT2D eigenvalue weighted by molar-refractivity contribution is 5.87. The summed E-state index contributed by atoms with van der Waals surface area (Å²) in [6.45, 7) is 5.00. The van der Waals surface area contributed by atoms with Crippen molar-refractivity contribution < 1.29 is 23.8 Å². The fraction of sp³-hybridized carbons (Fsp3) is 0.250. The number of carbonyl (C=O) groups excluding carboxylic acids is 2. The minimum atomic E-state index is -0.503. The Bertz CT molecular complexity index is 528. The molecule has 1 aromatic carbocycles. The summed E-state index contributed by atoms with van der Waals surface area (Å²) in [6.07, 6.45) is 2.93. The van der Waals surface area contributed by atoms with Crippen molar-refractivity contribution in [1.29, 1.82) is 0 Å². The van der Waals surface area contributed by atoms with Crippen molar-refractivity contribution >= 4 is 18.0 Å². The molecule has 0 N–H and O–H groups in total. The molecule has 0 bridgehead atoms. The number of ether oxygens (including phenoxy) is 3. The molecular formula is C16H18O5. The molecule has 0 unspecified atom stereocenters. The molecule has 0 aromatic heterocycles. The lowest BCUT2D eigenvalue weighted by atomic mass is 10.2. The normalized spacial score (nSPS) is 10.2. The third-order valence-electron chi connectivity index (χ3n) is 2.44. The van der Waals surface area contributed by atoms with Gasteiger partial charge in [0.2, 0.25) is 0 Å². The van der Waals surface area contributed by atoms with Crippen LogP contribution in [0.15, 0.2) is 42.5 Å². The van der Waals surface area contributed by atoms with Gasteiger partial charge in [-0.05, 0) is 30.7 Å². The number of benzene rings is 1. The summed E-state index contributed by atoms with van der Waals surface area (Å²) in [6, 6.07) is 7.22. The van der Waals surface area contributed by atoms with Gasteiger partial charge >= 0.3 is 11.9 Å². The first-order valence-electron chi connectivity index (χ1n) is 6.34. The Balaban J connectivity index is 2.31. The Kier molecular flexibility index (Phi) is 6.74. The van der Waals surface area contributed by atoms with Gasteiger partial charge in [0.1, 0.15) is 19.0 Å². The van der Waals surface area contributed by atoms with Crippen LogP contribution < -0.4 is 4.74 Å². The van der Waals surface area contributed by atoms with Gasteiger partial charge in [0, 0.05) is 11.6 Å². The maximum atomic E-state index is 11.4. The van der Waals surface area contributed by atoms with Crippen LogP contribution in [0.4, 0.5) is 0 Å². The van der Waals surface area contributed by atoms with Crippen molar-refractivity contribution in [2.24, 2.45) is 0 Å². The monoisotopic (exact) mass is 290 g/mol. The van der Waals surface area contributed by atoms with Gasteiger partial charge in [0.15, 0.2) is 0 Å². The second-order valence-electron chi connectivity index (χ2n) is 4.19. The van der Waals surface area contributed by atoms with Crippen molar-refractivity contribution in [2.45, 2.75) is 6.92 Å². The topological polar surface area (TPSA) is 61.8 Å². The van der Waals surface area contributed by atoms with Crippen LogP contribution in [-0.4, -0.2) is 32.3 Å². The molecule has 112 valence electrons. The smallest absolute Gasteiger partial charge is 0.333 e. The van der Waals surface area contributed by atoms with Crippen LogP contribution in [0, 0.1) is 0 Å². The van der Waals surface area contributed by atoms with Crippen LogP contribution >= 0.6 is 0 Å². The third-order valence-corrected chi connectivity index (χ3v) is 2.44. The molecule has 0 aliphatic heterocycles. The van der Waals surface area contributed by atoms with Crippen LogP contribution in [0.3, 0.4) is 0 Å². The molecule has 0 amide bonds. The molecule has 21 heavy (non-hydrogen) atoms. The predicted molar refractivity (Wildman–Crippen MR) is 78.8 cm³/mol. The summed E-state index contributed by atoms with van der Waals surface area (Å²) in [7, 11) is 1.59. The molecule has 0 spiro atoms. The Hall–Kier alpha value is -2.56. The second-order valence-corrected chi connectivity index (χ2v) is 4.19. The number of carbonyl (C=O) groups is 2. The van der Waals surface area contributed by atoms with Gasteiger partial charge in [0.05, 0.1) is 7.11 Å². The standard InChI is InChI=1S/C16H18O5/c1-12(2)16(18)21-11-10-20-15(17)9-6-13-4-7-14(19-3)8-5-13/h4-9H,1,10-11H2,2-3H3/b9-6+. The lowest BCUT2D eigenvalue weighted by Crippen LogP contribution is -2.12. The summed E-state index contributed by atoms with van der Waals surface area (Å²) in [5, 5.41) is 0. The van der Waals surface area contributed by atoms with E-state index in [1.165, 1.54) is 6.08 Å². The SMILES string of the molecule is C=C(C)C(=O)OCCOC(=O)/C=C/c1ccc(OC)cc1. The van der Waals surface area contributed by atoms with Gasteiger partial charge in [-0.15, -0.1) is 0 Å². The number of hydrogen-bond acceptors (Lipinski definition) is 5. The first kappa shape index (κ1) is 16.5. The third kappa shape index (κ3) is 6.42. The zero-order valence-corrected chi connectivity index (χ0v) is 12.1. The van der Waals surface area contributed by atoms with Gasteiger partial charge in [-0.2, -0.15) is 0 Å². The average Bonchev–Trinajstić information content (AvgIpc) is 2.49. The van der Waals surface area contributed by atoms with Gasteiger partial charge in [0.25, 0.3) is 0 Å². The lowest BCUT2D eigenvalue weighted by Gasteiger charge is -2.04. The molecule has 1 aromatic rings. The van der Waals surface area contributed by atoms with Gasteiger partial charge in [-0.1, -0.05) is 18.7 Å². The molecular weight excluding hydrogens is 272 g/mol. The van der Waals surface area contributed by atoms with Crippen LogP contribution in [0.5, 0.6) is 5.75 Å². The Morgan fingerprint density at radius 3 is 2.33 bits per heavy atom. The molecule has 0 radical (unpaired) electrons. The van der Waals surface area contributed by atoms with E-state index in [1.54, 1.807) is 32.2 Å². The molecule has 0 aliphatic carbocycles. The van der Waals surface area contributed by atoms with E-state index < -0.39 is 11.9 Å². The molecule has 0 fully saturated rings. The molecule has 5 heteroatoms. The van der Waals surface area contributed by atoms with E-state index >= 15 is 0 Å². The average molecular weight is 290 g/mol. The van der Waals surface area contributed by atoms with E-state index in [4.69, 9.17) is 14.2 Å². The lowest BCUT2D eigenvalue weighted by molar-refractivity contribution is -0.146. The maximum absolute atomic E-state index is 11.4. The van der Waals surface area contributed by atoms with Crippen LogP contribution in [-0.2, 0) is 19.1 Å². The molecule has 0 saturated heterocycles. The molecule has 5 nitrogen and oxygen atoms in total. The highest BCUT2D eigenvalue weighted by atomic mass is 16.6. The molecule has 0 heterocycles. The van der Waals surface area contributed by atoms with E-state index in [0.717, 1.165) is 11.3 Å². The summed E-state index contributed by atoms with van der Waals surface area (Å²) >= 11 is 0. The van der Waals surface area contributed by atoms with E-state index in [9.17, 15) is 9.59 Å². The Morgan fingerprint density at radius 1 is 1.14 bits per heavy atom. The van der Waals surface area contributed by atoms with E-state index in [-0.39, 0.29) is 13.2 Å². The van der Waals surface area contributed by atoms with E-state index in [0.29, 0.717) is 5.57 Å². The summed E-state index contributed by atoms with van der Waals surface area (Å²) < 4.78 is 14.7. The van der Waals surface area contributed by atoms with Crippen LogP contribution in [0.1, 0.15) is 12.5 Å². The largest absolute Gasteiger partial charge is 0.497 e. The maximum Gasteiger partial charge on any atom is 0.333 e. The van der Waals surface area contributed by atoms with Crippen molar-refractivity contribution in [3.05, 3.63) is 48.1 Å². The quantitative estimate of drug-likeness (QED) is 0.438. The Morgan fingerprint density at radius 2 is 1.76 bits per heavy atom. The fourth-order valence-electron chi connectivity index (χ4n) is 1.33. The van der Waals surface area contributed by atoms with Crippen LogP contribution in [0.2, 0.25) is 0 Å². The summed E-state index contributed by atoms with van der Waals surface area (Å²) in [5.41, 5.74) is 1.15. The molecule has 0 atom stereocenters. The number of hydrogen-bond donors (Lipinski definition) is 0. The van der Waals surface area contributed by atoms with E-state index in [1.807, 2.05) is 12.1 Å². The van der Waals surface area contributed by atoms with Crippen molar-refractivity contribution in [1.82, 2.24) is 0 Å². The molecule has 0 saturated carbocycles. The molecule has 0 aliphatic rings. The minimum absolute atomic E-state index is 0.00477. The van der Waals surface area contributed by atoms with Crippen LogP contribution in [0.25, 0.3) is 6.08 Å². The molecule has 1 rings (SSSR count). The van der Waals surface area contributed by atoms with E-state index in [2.05, 4.69) is 6.58 Å². The zero-order valence-electron chi connectivity index (χ0n) is 12.1. The zero-order chi connectivity index (χ0) is 15.7. The highest BCUT2D eigenvalue weighted by Gasteiger charge is 2.03. The van der Waals surface area contributed by atoms with Crippen molar-refractivity contribution in [3.8, 4) is 5.75 Å². The fourth-order valence-corrected chi connectivity index (χ4v) is 1.33. The van der Waals surface area contributed by atoms with Crippen molar-refractivity contribution in [2.75, 3.05) is 20.3 Å².